The van der Waals surface area contributed by atoms with Crippen molar-refractivity contribution in [3.63, 3.8) is 0 Å². The van der Waals surface area contributed by atoms with Crippen molar-refractivity contribution in [2.75, 3.05) is 11.1 Å². The van der Waals surface area contributed by atoms with Crippen LogP contribution in [0.25, 0.3) is 11.0 Å². The summed E-state index contributed by atoms with van der Waals surface area (Å²) in [5.41, 5.74) is 7.25. The monoisotopic (exact) mass is 253 g/mol. The molecule has 0 spiro atoms. The summed E-state index contributed by atoms with van der Waals surface area (Å²) >= 11 is 0. The largest absolute Gasteiger partial charge is 0.399 e. The molecule has 19 heavy (non-hydrogen) atoms. The summed E-state index contributed by atoms with van der Waals surface area (Å²) in [4.78, 5) is 16.2. The van der Waals surface area contributed by atoms with E-state index in [0.717, 1.165) is 5.39 Å². The standard InChI is InChI=1S/C13H11N5O/c14-9-4-1-3-8(7-9)13(19)16-12-10-5-2-6-15-11(10)17-18-12/h1-7H,14H2,(H2,15,16,17,18,19). The number of nitrogen functional groups attached to an aromatic ring is 1. The van der Waals surface area contributed by atoms with Gasteiger partial charge in [-0.15, -0.1) is 0 Å². The Morgan fingerprint density at radius 3 is 3.00 bits per heavy atom. The van der Waals surface area contributed by atoms with Gasteiger partial charge in [0.05, 0.1) is 5.39 Å². The number of nitrogens with one attached hydrogen (secondary N) is 2. The molecular formula is C13H11N5O. The number of rotatable bonds is 2. The van der Waals surface area contributed by atoms with Gasteiger partial charge in [0, 0.05) is 17.4 Å². The van der Waals surface area contributed by atoms with Crippen LogP contribution in [-0.4, -0.2) is 21.1 Å². The van der Waals surface area contributed by atoms with E-state index in [-0.39, 0.29) is 5.91 Å². The molecule has 0 saturated carbocycles. The first-order valence-electron chi connectivity index (χ1n) is 5.70. The summed E-state index contributed by atoms with van der Waals surface area (Å²) < 4.78 is 0. The topological polar surface area (TPSA) is 96.7 Å². The first-order chi connectivity index (χ1) is 9.24. The third-order valence-corrected chi connectivity index (χ3v) is 2.72. The Labute approximate surface area is 108 Å². The van der Waals surface area contributed by atoms with E-state index >= 15 is 0 Å². The molecule has 0 atom stereocenters. The first-order valence-corrected chi connectivity index (χ1v) is 5.70. The van der Waals surface area contributed by atoms with Crippen LogP contribution in [0.2, 0.25) is 0 Å². The van der Waals surface area contributed by atoms with Gasteiger partial charge in [0.2, 0.25) is 0 Å². The summed E-state index contributed by atoms with van der Waals surface area (Å²) in [6.07, 6.45) is 1.65. The van der Waals surface area contributed by atoms with Gasteiger partial charge in [0.15, 0.2) is 5.65 Å². The molecule has 0 unspecified atom stereocenters. The van der Waals surface area contributed by atoms with E-state index in [0.29, 0.717) is 22.7 Å². The molecule has 3 rings (SSSR count). The maximum Gasteiger partial charge on any atom is 0.256 e. The van der Waals surface area contributed by atoms with Crippen molar-refractivity contribution in [1.82, 2.24) is 15.2 Å². The maximum atomic E-state index is 12.1. The second-order valence-electron chi connectivity index (χ2n) is 4.05. The zero-order valence-corrected chi connectivity index (χ0v) is 9.92. The lowest BCUT2D eigenvalue weighted by molar-refractivity contribution is 0.102. The van der Waals surface area contributed by atoms with Crippen molar-refractivity contribution in [2.24, 2.45) is 0 Å². The van der Waals surface area contributed by atoms with Gasteiger partial charge < -0.3 is 11.1 Å². The highest BCUT2D eigenvalue weighted by atomic mass is 16.1. The average Bonchev–Trinajstić information content (AvgIpc) is 2.82. The Bertz CT molecular complexity index is 749. The van der Waals surface area contributed by atoms with Crippen LogP contribution >= 0.6 is 0 Å². The van der Waals surface area contributed by atoms with Gasteiger partial charge in [-0.25, -0.2) is 4.98 Å². The fraction of sp³-hybridized carbons (Fsp3) is 0. The van der Waals surface area contributed by atoms with E-state index in [1.165, 1.54) is 0 Å². The fourth-order valence-electron chi connectivity index (χ4n) is 1.81. The number of carbonyl (C=O) groups is 1. The smallest absolute Gasteiger partial charge is 0.256 e. The van der Waals surface area contributed by atoms with Gasteiger partial charge in [0.1, 0.15) is 5.82 Å². The van der Waals surface area contributed by atoms with Crippen LogP contribution in [0.4, 0.5) is 11.5 Å². The Morgan fingerprint density at radius 2 is 2.16 bits per heavy atom. The number of hydrogen-bond acceptors (Lipinski definition) is 4. The van der Waals surface area contributed by atoms with Gasteiger partial charge in [-0.2, -0.15) is 5.10 Å². The van der Waals surface area contributed by atoms with Crippen LogP contribution in [0.15, 0.2) is 42.6 Å². The number of nitrogens with zero attached hydrogens (tertiary/aromatic N) is 2. The SMILES string of the molecule is Nc1cccc(C(=O)Nc2[nH]nc3ncccc23)c1. The molecule has 6 nitrogen and oxygen atoms in total. The van der Waals surface area contributed by atoms with E-state index in [4.69, 9.17) is 5.73 Å². The number of aromatic nitrogens is 3. The molecule has 2 heterocycles. The zero-order valence-electron chi connectivity index (χ0n) is 9.92. The van der Waals surface area contributed by atoms with E-state index in [9.17, 15) is 4.79 Å². The fourth-order valence-corrected chi connectivity index (χ4v) is 1.81. The Morgan fingerprint density at radius 1 is 1.26 bits per heavy atom. The van der Waals surface area contributed by atoms with Gasteiger partial charge in [-0.05, 0) is 30.3 Å². The number of fused-ring (bicyclic) bond motifs is 1. The van der Waals surface area contributed by atoms with Crippen molar-refractivity contribution in [2.45, 2.75) is 0 Å². The minimum absolute atomic E-state index is 0.248. The average molecular weight is 253 g/mol. The lowest BCUT2D eigenvalue weighted by Crippen LogP contribution is -2.12. The second-order valence-corrected chi connectivity index (χ2v) is 4.05. The molecule has 3 aromatic rings. The van der Waals surface area contributed by atoms with E-state index in [2.05, 4.69) is 20.5 Å². The molecule has 1 aromatic carbocycles. The molecule has 0 bridgehead atoms. The predicted octanol–water partition coefficient (Wildman–Crippen LogP) is 1.79. The van der Waals surface area contributed by atoms with Gasteiger partial charge in [0.25, 0.3) is 5.91 Å². The molecule has 1 amide bonds. The van der Waals surface area contributed by atoms with Crippen LogP contribution in [-0.2, 0) is 0 Å². The van der Waals surface area contributed by atoms with Crippen LogP contribution in [0.1, 0.15) is 10.4 Å². The zero-order chi connectivity index (χ0) is 13.2. The highest BCUT2D eigenvalue weighted by Gasteiger charge is 2.10. The number of H-pyrrole nitrogens is 1. The molecule has 2 aromatic heterocycles. The van der Waals surface area contributed by atoms with Crippen molar-refractivity contribution >= 4 is 28.4 Å². The van der Waals surface area contributed by atoms with Crippen molar-refractivity contribution in [3.05, 3.63) is 48.2 Å². The molecule has 4 N–H and O–H groups in total. The van der Waals surface area contributed by atoms with E-state index in [1.807, 2.05) is 6.07 Å². The van der Waals surface area contributed by atoms with Gasteiger partial charge >= 0.3 is 0 Å². The van der Waals surface area contributed by atoms with Gasteiger partial charge in [-0.1, -0.05) is 6.07 Å². The minimum atomic E-state index is -0.248. The summed E-state index contributed by atoms with van der Waals surface area (Å²) in [6, 6.07) is 10.4. The summed E-state index contributed by atoms with van der Waals surface area (Å²) in [6.45, 7) is 0. The Balaban J connectivity index is 1.91. The maximum absolute atomic E-state index is 12.1. The highest BCUT2D eigenvalue weighted by Crippen LogP contribution is 2.18. The summed E-state index contributed by atoms with van der Waals surface area (Å²) in [7, 11) is 0. The number of anilines is 2. The number of nitrogens with two attached hydrogens (primary N) is 1. The normalized spacial score (nSPS) is 10.5. The van der Waals surface area contributed by atoms with Gasteiger partial charge in [-0.3, -0.25) is 9.89 Å². The van der Waals surface area contributed by atoms with E-state index < -0.39 is 0 Å². The first kappa shape index (κ1) is 11.2. The number of amides is 1. The molecule has 0 aliphatic carbocycles. The number of pyridine rings is 1. The molecule has 0 radical (unpaired) electrons. The number of aromatic amines is 1. The molecule has 0 fully saturated rings. The number of benzene rings is 1. The highest BCUT2D eigenvalue weighted by molar-refractivity contribution is 6.07. The van der Waals surface area contributed by atoms with E-state index in [1.54, 1.807) is 36.5 Å². The molecule has 0 aliphatic rings. The quantitative estimate of drug-likeness (QED) is 0.606. The van der Waals surface area contributed by atoms with Crippen molar-refractivity contribution < 1.29 is 4.79 Å². The number of hydrogen-bond donors (Lipinski definition) is 3. The minimum Gasteiger partial charge on any atom is -0.399 e. The van der Waals surface area contributed by atoms with Crippen LogP contribution in [0, 0.1) is 0 Å². The third-order valence-electron chi connectivity index (χ3n) is 2.72. The molecule has 94 valence electrons. The third kappa shape index (κ3) is 2.11. The molecule has 6 heteroatoms. The Hall–Kier alpha value is -2.89. The number of carbonyl (C=O) groups excluding carboxylic acids is 1. The van der Waals surface area contributed by atoms with Crippen LogP contribution in [0.5, 0.6) is 0 Å². The predicted molar refractivity (Wildman–Crippen MR) is 72.7 cm³/mol. The van der Waals surface area contributed by atoms with Crippen molar-refractivity contribution in [1.29, 1.82) is 0 Å². The lowest BCUT2D eigenvalue weighted by Gasteiger charge is -2.03. The lowest BCUT2D eigenvalue weighted by atomic mass is 10.2. The Kier molecular flexibility index (Phi) is 2.60. The molecular weight excluding hydrogens is 242 g/mol. The van der Waals surface area contributed by atoms with Crippen LogP contribution < -0.4 is 11.1 Å². The summed E-state index contributed by atoms with van der Waals surface area (Å²) in [5, 5.41) is 10.3. The van der Waals surface area contributed by atoms with Crippen molar-refractivity contribution in [3.8, 4) is 0 Å². The second kappa shape index (κ2) is 4.41. The summed E-state index contributed by atoms with van der Waals surface area (Å²) in [5.74, 6) is 0.275. The molecule has 0 aliphatic heterocycles. The molecule has 0 saturated heterocycles. The van der Waals surface area contributed by atoms with Crippen LogP contribution in [0.3, 0.4) is 0 Å².